The molecule has 1 aromatic carbocycles. The number of benzene rings is 1. The molecule has 0 aliphatic carbocycles. The van der Waals surface area contributed by atoms with E-state index < -0.39 is 25.5 Å². The van der Waals surface area contributed by atoms with E-state index in [9.17, 15) is 14.0 Å². The zero-order valence-electron chi connectivity index (χ0n) is 17.2. The predicted octanol–water partition coefficient (Wildman–Crippen LogP) is 4.94. The van der Waals surface area contributed by atoms with Crippen LogP contribution in [0.5, 0.6) is 0 Å². The Morgan fingerprint density at radius 3 is 2.50 bits per heavy atom. The second-order valence-corrected chi connectivity index (χ2v) is 14.1. The van der Waals surface area contributed by atoms with Crippen molar-refractivity contribution in [2.75, 3.05) is 13.2 Å². The van der Waals surface area contributed by atoms with E-state index in [2.05, 4.69) is 33.9 Å². The third kappa shape index (κ3) is 4.83. The van der Waals surface area contributed by atoms with Crippen LogP contribution in [0, 0.1) is 9.39 Å². The molecule has 28 heavy (non-hydrogen) atoms. The molecule has 0 spiro atoms. The topological polar surface area (TPSA) is 57.5 Å². The highest BCUT2D eigenvalue weighted by atomic mass is 127. The molecule has 0 fully saturated rings. The van der Waals surface area contributed by atoms with Crippen LogP contribution in [0.15, 0.2) is 23.1 Å². The van der Waals surface area contributed by atoms with Crippen molar-refractivity contribution in [1.29, 1.82) is 0 Å². The van der Waals surface area contributed by atoms with Crippen LogP contribution < -0.4 is 5.43 Å². The summed E-state index contributed by atoms with van der Waals surface area (Å²) < 4.78 is 27.4. The number of ether oxygens (including phenoxy) is 1. The number of hydrogen-bond acceptors (Lipinski definition) is 4. The SMILES string of the molecule is CCOC(=O)c1cn(CCO[Si](C)(C)C(C)(C)C)c2cc(F)c(I)cc2c1=O. The molecule has 1 heterocycles. The molecule has 154 valence electrons. The summed E-state index contributed by atoms with van der Waals surface area (Å²) in [6, 6.07) is 2.81. The molecule has 0 saturated heterocycles. The van der Waals surface area contributed by atoms with Gasteiger partial charge >= 0.3 is 5.97 Å². The molecule has 0 bridgehead atoms. The van der Waals surface area contributed by atoms with E-state index in [1.165, 1.54) is 18.3 Å². The molecule has 0 saturated carbocycles. The molecule has 8 heteroatoms. The van der Waals surface area contributed by atoms with E-state index >= 15 is 0 Å². The van der Waals surface area contributed by atoms with Gasteiger partial charge in [-0.15, -0.1) is 0 Å². The summed E-state index contributed by atoms with van der Waals surface area (Å²) in [5, 5.41) is 0.361. The fourth-order valence-electron chi connectivity index (χ4n) is 2.54. The molecule has 1 aromatic heterocycles. The number of halogens is 2. The van der Waals surface area contributed by atoms with Crippen LogP contribution >= 0.6 is 22.6 Å². The lowest BCUT2D eigenvalue weighted by atomic mass is 10.1. The minimum atomic E-state index is -1.95. The summed E-state index contributed by atoms with van der Waals surface area (Å²) in [6.07, 6.45) is 1.45. The maximum Gasteiger partial charge on any atom is 0.343 e. The summed E-state index contributed by atoms with van der Waals surface area (Å²) >= 11 is 1.84. The lowest BCUT2D eigenvalue weighted by molar-refractivity contribution is 0.0524. The number of fused-ring (bicyclic) bond motifs is 1. The summed E-state index contributed by atoms with van der Waals surface area (Å²) in [4.78, 5) is 25.0. The summed E-state index contributed by atoms with van der Waals surface area (Å²) in [7, 11) is -1.95. The Bertz CT molecular complexity index is 950. The minimum absolute atomic E-state index is 0.0518. The van der Waals surface area contributed by atoms with Crippen LogP contribution in [0.1, 0.15) is 38.1 Å². The Morgan fingerprint density at radius 2 is 1.93 bits per heavy atom. The largest absolute Gasteiger partial charge is 0.462 e. The van der Waals surface area contributed by atoms with Gasteiger partial charge in [-0.1, -0.05) is 20.8 Å². The fraction of sp³-hybridized carbons (Fsp3) is 0.500. The number of esters is 1. The van der Waals surface area contributed by atoms with Gasteiger partial charge in [-0.05, 0) is 59.8 Å². The van der Waals surface area contributed by atoms with Gasteiger partial charge in [-0.2, -0.15) is 0 Å². The van der Waals surface area contributed by atoms with Crippen molar-refractivity contribution < 1.29 is 18.3 Å². The first-order chi connectivity index (χ1) is 12.9. The van der Waals surface area contributed by atoms with Crippen molar-refractivity contribution in [3.05, 3.63) is 43.5 Å². The molecule has 0 atom stereocenters. The summed E-state index contributed by atoms with van der Waals surface area (Å²) in [6.45, 7) is 13.4. The number of aromatic nitrogens is 1. The highest BCUT2D eigenvalue weighted by molar-refractivity contribution is 14.1. The van der Waals surface area contributed by atoms with Gasteiger partial charge in [0, 0.05) is 21.7 Å². The molecule has 0 unspecified atom stereocenters. The molecule has 0 aliphatic rings. The average Bonchev–Trinajstić information content (AvgIpc) is 2.57. The molecular formula is C20H27FINO4Si. The Balaban J connectivity index is 2.48. The number of carbonyl (C=O) groups is 1. The maximum atomic E-state index is 14.2. The fourth-order valence-corrected chi connectivity index (χ4v) is 4.04. The minimum Gasteiger partial charge on any atom is -0.462 e. The van der Waals surface area contributed by atoms with Crippen molar-refractivity contribution in [3.63, 3.8) is 0 Å². The Labute approximate surface area is 179 Å². The quantitative estimate of drug-likeness (QED) is 0.308. The second kappa shape index (κ2) is 8.62. The summed E-state index contributed by atoms with van der Waals surface area (Å²) in [5.41, 5.74) is -0.0631. The van der Waals surface area contributed by atoms with E-state index in [1.807, 2.05) is 22.6 Å². The predicted molar refractivity (Wildman–Crippen MR) is 120 cm³/mol. The van der Waals surface area contributed by atoms with Crippen molar-refractivity contribution in [2.24, 2.45) is 0 Å². The van der Waals surface area contributed by atoms with E-state index in [4.69, 9.17) is 9.16 Å². The van der Waals surface area contributed by atoms with Crippen LogP contribution in [0.3, 0.4) is 0 Å². The third-order valence-electron chi connectivity index (χ3n) is 5.22. The van der Waals surface area contributed by atoms with Crippen molar-refractivity contribution in [1.82, 2.24) is 4.57 Å². The molecule has 5 nitrogen and oxygen atoms in total. The number of rotatable bonds is 6. The van der Waals surface area contributed by atoms with E-state index in [0.29, 0.717) is 27.6 Å². The van der Waals surface area contributed by atoms with Gasteiger partial charge in [0.2, 0.25) is 5.43 Å². The van der Waals surface area contributed by atoms with Crippen LogP contribution in [0.4, 0.5) is 4.39 Å². The van der Waals surface area contributed by atoms with E-state index in [1.54, 1.807) is 11.5 Å². The second-order valence-electron chi connectivity index (χ2n) is 8.18. The van der Waals surface area contributed by atoms with Crippen LogP contribution in [-0.2, 0) is 15.7 Å². The molecule has 2 rings (SSSR count). The van der Waals surface area contributed by atoms with Crippen molar-refractivity contribution in [2.45, 2.75) is 52.4 Å². The Kier molecular flexibility index (Phi) is 7.09. The van der Waals surface area contributed by atoms with Gasteiger partial charge in [-0.3, -0.25) is 4.79 Å². The highest BCUT2D eigenvalue weighted by Crippen LogP contribution is 2.36. The van der Waals surface area contributed by atoms with Gasteiger partial charge in [0.1, 0.15) is 11.4 Å². The monoisotopic (exact) mass is 519 g/mol. The van der Waals surface area contributed by atoms with Crippen molar-refractivity contribution >= 4 is 47.8 Å². The van der Waals surface area contributed by atoms with Gasteiger partial charge < -0.3 is 13.7 Å². The van der Waals surface area contributed by atoms with Gasteiger partial charge in [-0.25, -0.2) is 9.18 Å². The van der Waals surface area contributed by atoms with Crippen LogP contribution in [-0.4, -0.2) is 32.1 Å². The number of nitrogens with zero attached hydrogens (tertiary/aromatic N) is 1. The maximum absolute atomic E-state index is 14.2. The molecule has 0 radical (unpaired) electrons. The zero-order chi connectivity index (χ0) is 21.3. The van der Waals surface area contributed by atoms with Crippen molar-refractivity contribution in [3.8, 4) is 0 Å². The normalized spacial score (nSPS) is 12.4. The first kappa shape index (κ1) is 23.0. The highest BCUT2D eigenvalue weighted by Gasteiger charge is 2.36. The molecule has 2 aromatic rings. The third-order valence-corrected chi connectivity index (χ3v) is 10.6. The molecule has 0 amide bonds. The number of carbonyl (C=O) groups excluding carboxylic acids is 1. The molecular weight excluding hydrogens is 492 g/mol. The smallest absolute Gasteiger partial charge is 0.343 e. The first-order valence-corrected chi connectivity index (χ1v) is 13.2. The number of pyridine rings is 1. The molecule has 0 aliphatic heterocycles. The molecule has 0 N–H and O–H groups in total. The van der Waals surface area contributed by atoms with E-state index in [-0.39, 0.29) is 17.2 Å². The first-order valence-electron chi connectivity index (χ1n) is 9.22. The standard InChI is InChI=1S/C20H27FINO4Si/c1-7-26-19(25)14-12-23(8-9-27-28(5,6)20(2,3)4)17-11-15(21)16(22)10-13(17)18(14)24/h10-12H,7-9H2,1-6H3. The Morgan fingerprint density at radius 1 is 1.29 bits per heavy atom. The van der Waals surface area contributed by atoms with Crippen LogP contribution in [0.2, 0.25) is 18.1 Å². The number of hydrogen-bond donors (Lipinski definition) is 0. The van der Waals surface area contributed by atoms with Gasteiger partial charge in [0.15, 0.2) is 8.32 Å². The van der Waals surface area contributed by atoms with Gasteiger partial charge in [0.05, 0.1) is 18.7 Å². The average molecular weight is 519 g/mol. The Hall–Kier alpha value is -1.26. The van der Waals surface area contributed by atoms with Gasteiger partial charge in [0.25, 0.3) is 0 Å². The lowest BCUT2D eigenvalue weighted by Gasteiger charge is -2.36. The zero-order valence-corrected chi connectivity index (χ0v) is 20.3. The summed E-state index contributed by atoms with van der Waals surface area (Å²) in [5.74, 6) is -1.08. The lowest BCUT2D eigenvalue weighted by Crippen LogP contribution is -2.41. The van der Waals surface area contributed by atoms with E-state index in [0.717, 1.165) is 0 Å². The van der Waals surface area contributed by atoms with Crippen LogP contribution in [0.25, 0.3) is 10.9 Å².